The molecule has 0 fully saturated rings. The first-order chi connectivity index (χ1) is 13.4. The van der Waals surface area contributed by atoms with Crippen LogP contribution in [0.1, 0.15) is 22.3 Å². The molecule has 29 heavy (non-hydrogen) atoms. The molecule has 1 unspecified atom stereocenters. The van der Waals surface area contributed by atoms with Gasteiger partial charge in [-0.25, -0.2) is 13.4 Å². The van der Waals surface area contributed by atoms with E-state index in [2.05, 4.69) is 4.98 Å². The van der Waals surface area contributed by atoms with Crippen LogP contribution >= 0.6 is 0 Å². The summed E-state index contributed by atoms with van der Waals surface area (Å²) >= 11 is 0. The van der Waals surface area contributed by atoms with Crippen molar-refractivity contribution in [1.29, 1.82) is 0 Å². The van der Waals surface area contributed by atoms with Crippen molar-refractivity contribution in [2.75, 3.05) is 0 Å². The molecule has 1 aromatic carbocycles. The third-order valence-electron chi connectivity index (χ3n) is 4.78. The van der Waals surface area contributed by atoms with Gasteiger partial charge in [0.25, 0.3) is 0 Å². The lowest BCUT2D eigenvalue weighted by atomic mass is 10.1. The summed E-state index contributed by atoms with van der Waals surface area (Å²) in [5.41, 5.74) is 2.79. The van der Waals surface area contributed by atoms with Crippen molar-refractivity contribution in [3.05, 3.63) is 58.9 Å². The van der Waals surface area contributed by atoms with Crippen molar-refractivity contribution in [3.8, 4) is 0 Å². The summed E-state index contributed by atoms with van der Waals surface area (Å²) in [5.74, 6) is 0. The smallest absolute Gasteiger partial charge is 0.330 e. The number of hydrogen-bond donors (Lipinski definition) is 1. The first-order valence-corrected chi connectivity index (χ1v) is 10.5. The molecule has 0 aliphatic carbocycles. The number of aryl methyl sites for hydroxylation is 4. The quantitative estimate of drug-likeness (QED) is 0.667. The van der Waals surface area contributed by atoms with E-state index < -0.39 is 28.8 Å². The van der Waals surface area contributed by atoms with Crippen LogP contribution in [0, 0.1) is 27.7 Å². The van der Waals surface area contributed by atoms with Crippen molar-refractivity contribution in [2.45, 2.75) is 51.4 Å². The highest BCUT2D eigenvalue weighted by Gasteiger charge is 2.43. The molecule has 0 bridgehead atoms. The van der Waals surface area contributed by atoms with Crippen LogP contribution in [0.25, 0.3) is 11.0 Å². The summed E-state index contributed by atoms with van der Waals surface area (Å²) in [6, 6.07) is 4.44. The van der Waals surface area contributed by atoms with Gasteiger partial charge in [-0.3, -0.25) is 0 Å². The Morgan fingerprint density at radius 3 is 2.31 bits per heavy atom. The lowest BCUT2D eigenvalue weighted by Crippen LogP contribution is -2.48. The van der Waals surface area contributed by atoms with Gasteiger partial charge in [-0.15, -0.1) is 0 Å². The Hall–Kier alpha value is -2.39. The Morgan fingerprint density at radius 1 is 1.10 bits per heavy atom. The van der Waals surface area contributed by atoms with E-state index in [1.54, 1.807) is 58.2 Å². The molecule has 0 radical (unpaired) electrons. The Kier molecular flexibility index (Phi) is 5.48. The summed E-state index contributed by atoms with van der Waals surface area (Å²) in [7, 11) is -4.39. The largest absolute Gasteiger partial charge is 0.406 e. The van der Waals surface area contributed by atoms with Crippen molar-refractivity contribution in [3.63, 3.8) is 0 Å². The van der Waals surface area contributed by atoms with Gasteiger partial charge in [-0.1, -0.05) is 17.7 Å². The number of alkyl halides is 3. The Bertz CT molecular complexity index is 1140. The summed E-state index contributed by atoms with van der Waals surface area (Å²) in [6.45, 7) is 6.10. The number of nitrogens with zero attached hydrogens (tertiary/aromatic N) is 2. The molecule has 2 heterocycles. The Labute approximate surface area is 167 Å². The fourth-order valence-corrected chi connectivity index (χ4v) is 5.34. The van der Waals surface area contributed by atoms with Gasteiger partial charge in [-0.2, -0.15) is 17.9 Å². The minimum absolute atomic E-state index is 0.121. The highest BCUT2D eigenvalue weighted by molar-refractivity contribution is 7.89. The number of rotatable bonds is 5. The molecule has 1 atom stereocenters. The lowest BCUT2D eigenvalue weighted by molar-refractivity contribution is -0.154. The molecule has 9 heteroatoms. The maximum absolute atomic E-state index is 13.8. The summed E-state index contributed by atoms with van der Waals surface area (Å²) in [6.07, 6.45) is -1.74. The van der Waals surface area contributed by atoms with E-state index in [9.17, 15) is 21.6 Å². The minimum Gasteiger partial charge on any atom is -0.330 e. The number of halogens is 3. The normalized spacial score (nSPS) is 13.8. The van der Waals surface area contributed by atoms with Crippen molar-refractivity contribution in [1.82, 2.24) is 14.3 Å². The Balaban J connectivity index is 2.00. The lowest BCUT2D eigenvalue weighted by Gasteiger charge is -2.23. The van der Waals surface area contributed by atoms with E-state index in [1.807, 2.05) is 4.72 Å². The topological polar surface area (TPSA) is 64.0 Å². The van der Waals surface area contributed by atoms with Crippen molar-refractivity contribution in [2.24, 2.45) is 0 Å². The van der Waals surface area contributed by atoms with E-state index in [1.165, 1.54) is 10.8 Å². The molecule has 1 N–H and O–H groups in total. The van der Waals surface area contributed by atoms with E-state index in [0.29, 0.717) is 16.8 Å². The summed E-state index contributed by atoms with van der Waals surface area (Å²) < 4.78 is 70.2. The van der Waals surface area contributed by atoms with Gasteiger partial charge in [0.1, 0.15) is 11.7 Å². The van der Waals surface area contributed by atoms with Crippen molar-refractivity contribution >= 4 is 21.1 Å². The van der Waals surface area contributed by atoms with Crippen LogP contribution in [-0.2, 0) is 16.6 Å². The molecule has 0 saturated heterocycles. The van der Waals surface area contributed by atoms with Crippen LogP contribution in [0.3, 0.4) is 0 Å². The first-order valence-electron chi connectivity index (χ1n) is 8.97. The van der Waals surface area contributed by atoms with E-state index >= 15 is 0 Å². The fourth-order valence-electron chi connectivity index (χ4n) is 3.68. The van der Waals surface area contributed by atoms with Crippen LogP contribution in [-0.4, -0.2) is 30.2 Å². The first kappa shape index (κ1) is 21.3. The standard InChI is InChI=1S/C20H22F3N3O2S/c1-12-8-13(2)18(14(3)9-12)29(27,28)25-17(20(21,22)23)11-26-10-15(4)16-6-5-7-24-19(16)26/h5-10,17,25H,11H2,1-4H3. The molecule has 0 aliphatic heterocycles. The zero-order valence-electron chi connectivity index (χ0n) is 16.5. The van der Waals surface area contributed by atoms with Gasteiger partial charge in [-0.05, 0) is 56.5 Å². The second-order valence-corrected chi connectivity index (χ2v) is 8.93. The molecule has 3 aromatic rings. The van der Waals surface area contributed by atoms with Crippen LogP contribution in [0.4, 0.5) is 13.2 Å². The average Bonchev–Trinajstić information content (AvgIpc) is 2.88. The molecule has 0 aliphatic rings. The SMILES string of the molecule is Cc1cc(C)c(S(=O)(=O)NC(Cn2cc(C)c3cccnc32)C(F)(F)F)c(C)c1. The molecular weight excluding hydrogens is 403 g/mol. The highest BCUT2D eigenvalue weighted by atomic mass is 32.2. The number of pyridine rings is 1. The van der Waals surface area contributed by atoms with Gasteiger partial charge in [0, 0.05) is 24.3 Å². The minimum atomic E-state index is -4.78. The number of benzene rings is 1. The molecule has 3 rings (SSSR count). The van der Waals surface area contributed by atoms with Crippen LogP contribution in [0.15, 0.2) is 41.6 Å². The fraction of sp³-hybridized carbons (Fsp3) is 0.350. The third kappa shape index (κ3) is 4.30. The second-order valence-electron chi connectivity index (χ2n) is 7.28. The molecule has 5 nitrogen and oxygen atoms in total. The number of sulfonamides is 1. The van der Waals surface area contributed by atoms with Crippen molar-refractivity contribution < 1.29 is 21.6 Å². The number of aromatic nitrogens is 2. The van der Waals surface area contributed by atoms with Crippen LogP contribution < -0.4 is 4.72 Å². The third-order valence-corrected chi connectivity index (χ3v) is 6.55. The van der Waals surface area contributed by atoms with Gasteiger partial charge >= 0.3 is 6.18 Å². The molecule has 0 amide bonds. The number of fused-ring (bicyclic) bond motifs is 1. The zero-order chi connectivity index (χ0) is 21.6. The predicted octanol–water partition coefficient (Wildman–Crippen LogP) is 4.18. The second kappa shape index (κ2) is 7.46. The van der Waals surface area contributed by atoms with Crippen LogP contribution in [0.5, 0.6) is 0 Å². The van der Waals surface area contributed by atoms with E-state index in [-0.39, 0.29) is 4.90 Å². The maximum Gasteiger partial charge on any atom is 0.406 e. The van der Waals surface area contributed by atoms with Gasteiger partial charge in [0.05, 0.1) is 4.90 Å². The van der Waals surface area contributed by atoms with E-state index in [4.69, 9.17) is 0 Å². The van der Waals surface area contributed by atoms with Gasteiger partial charge < -0.3 is 4.57 Å². The molecule has 2 aromatic heterocycles. The monoisotopic (exact) mass is 425 g/mol. The zero-order valence-corrected chi connectivity index (χ0v) is 17.3. The van der Waals surface area contributed by atoms with E-state index in [0.717, 1.165) is 16.5 Å². The highest BCUT2D eigenvalue weighted by Crippen LogP contribution is 2.28. The molecular formula is C20H22F3N3O2S. The summed E-state index contributed by atoms with van der Waals surface area (Å²) in [5, 5.41) is 0.724. The predicted molar refractivity (Wildman–Crippen MR) is 105 cm³/mol. The van der Waals surface area contributed by atoms with Gasteiger partial charge in [0.2, 0.25) is 10.0 Å². The summed E-state index contributed by atoms with van der Waals surface area (Å²) in [4.78, 5) is 4.03. The molecule has 0 spiro atoms. The average molecular weight is 425 g/mol. The number of hydrogen-bond acceptors (Lipinski definition) is 3. The molecule has 0 saturated carbocycles. The van der Waals surface area contributed by atoms with Gasteiger partial charge in [0.15, 0.2) is 0 Å². The maximum atomic E-state index is 13.8. The van der Waals surface area contributed by atoms with Crippen LogP contribution in [0.2, 0.25) is 0 Å². The Morgan fingerprint density at radius 2 is 1.72 bits per heavy atom. The number of nitrogens with one attached hydrogen (secondary N) is 1. The molecule has 156 valence electrons.